The summed E-state index contributed by atoms with van der Waals surface area (Å²) in [6.45, 7) is 2.20. The van der Waals surface area contributed by atoms with Crippen molar-refractivity contribution in [1.82, 2.24) is 0 Å². The Hall–Kier alpha value is -2.09. The van der Waals surface area contributed by atoms with Crippen LogP contribution in [0.15, 0.2) is 65.8 Å². The summed E-state index contributed by atoms with van der Waals surface area (Å²) in [5, 5.41) is 6.75. The minimum absolute atomic E-state index is 0.922. The molecule has 0 fully saturated rings. The van der Waals surface area contributed by atoms with E-state index >= 15 is 0 Å². The van der Waals surface area contributed by atoms with E-state index in [1.807, 2.05) is 30.3 Å². The number of nitrogens with zero attached hydrogens (tertiary/aromatic N) is 2. The van der Waals surface area contributed by atoms with E-state index in [0.717, 1.165) is 24.9 Å². The van der Waals surface area contributed by atoms with Crippen LogP contribution < -0.4 is 5.01 Å². The fourth-order valence-corrected chi connectivity index (χ4v) is 2.21. The molecule has 0 heterocycles. The Kier molecular flexibility index (Phi) is 5.36. The third-order valence-electron chi connectivity index (χ3n) is 3.21. The van der Waals surface area contributed by atoms with Gasteiger partial charge in [-0.3, -0.25) is 5.01 Å². The van der Waals surface area contributed by atoms with Crippen LogP contribution in [0, 0.1) is 0 Å². The highest BCUT2D eigenvalue weighted by molar-refractivity contribution is 5.87. The van der Waals surface area contributed by atoms with Crippen molar-refractivity contribution in [3.8, 4) is 0 Å². The van der Waals surface area contributed by atoms with E-state index in [-0.39, 0.29) is 0 Å². The second kappa shape index (κ2) is 7.49. The van der Waals surface area contributed by atoms with Gasteiger partial charge in [0, 0.05) is 19.2 Å². The van der Waals surface area contributed by atoms with Gasteiger partial charge in [0.2, 0.25) is 0 Å². The molecule has 0 amide bonds. The molecule has 0 radical (unpaired) electrons. The highest BCUT2D eigenvalue weighted by Gasteiger charge is 2.04. The van der Waals surface area contributed by atoms with Gasteiger partial charge in [0.25, 0.3) is 0 Å². The molecule has 0 saturated carbocycles. The molecule has 0 aliphatic rings. The zero-order valence-corrected chi connectivity index (χ0v) is 12.3. The zero-order valence-electron chi connectivity index (χ0n) is 12.3. The molecule has 20 heavy (non-hydrogen) atoms. The first-order valence-electron chi connectivity index (χ1n) is 7.18. The number of hydrazone groups is 1. The van der Waals surface area contributed by atoms with Crippen molar-refractivity contribution in [1.29, 1.82) is 0 Å². The minimum Gasteiger partial charge on any atom is -0.269 e. The van der Waals surface area contributed by atoms with Crippen LogP contribution in [0.25, 0.3) is 0 Å². The molecule has 0 atom stereocenters. The number of para-hydroxylation sites is 1. The summed E-state index contributed by atoms with van der Waals surface area (Å²) in [5.41, 5.74) is 3.67. The lowest BCUT2D eigenvalue weighted by molar-refractivity contribution is 0.930. The molecule has 104 valence electrons. The van der Waals surface area contributed by atoms with Gasteiger partial charge in [-0.25, -0.2) is 0 Å². The average molecular weight is 266 g/mol. The van der Waals surface area contributed by atoms with Gasteiger partial charge in [-0.2, -0.15) is 5.10 Å². The van der Waals surface area contributed by atoms with Crippen molar-refractivity contribution in [2.45, 2.75) is 26.2 Å². The summed E-state index contributed by atoms with van der Waals surface area (Å²) in [4.78, 5) is 0. The number of benzene rings is 2. The fourth-order valence-electron chi connectivity index (χ4n) is 2.21. The fraction of sp³-hybridized carbons (Fsp3) is 0.278. The lowest BCUT2D eigenvalue weighted by atomic mass is 10.1. The SMILES string of the molecule is CCC/C(Cc1ccccc1)=N\N(C)c1ccccc1. The maximum Gasteiger partial charge on any atom is 0.0590 e. The Labute approximate surface area is 121 Å². The van der Waals surface area contributed by atoms with Crippen LogP contribution in [-0.4, -0.2) is 12.8 Å². The lowest BCUT2D eigenvalue weighted by Gasteiger charge is -2.16. The molecule has 2 aromatic carbocycles. The first-order chi connectivity index (χ1) is 9.79. The molecule has 0 spiro atoms. The number of rotatable bonds is 6. The Morgan fingerprint density at radius 2 is 1.55 bits per heavy atom. The van der Waals surface area contributed by atoms with Gasteiger partial charge in [-0.1, -0.05) is 61.9 Å². The van der Waals surface area contributed by atoms with E-state index in [1.54, 1.807) is 0 Å². The normalized spacial score (nSPS) is 11.4. The summed E-state index contributed by atoms with van der Waals surface area (Å²) in [5.74, 6) is 0. The van der Waals surface area contributed by atoms with Crippen molar-refractivity contribution in [3.63, 3.8) is 0 Å². The van der Waals surface area contributed by atoms with Gasteiger partial charge in [0.15, 0.2) is 0 Å². The lowest BCUT2D eigenvalue weighted by Crippen LogP contribution is -2.14. The molecule has 0 aliphatic heterocycles. The largest absolute Gasteiger partial charge is 0.269 e. The summed E-state index contributed by atoms with van der Waals surface area (Å²) in [7, 11) is 2.01. The van der Waals surface area contributed by atoms with Crippen LogP contribution in [-0.2, 0) is 6.42 Å². The highest BCUT2D eigenvalue weighted by Crippen LogP contribution is 2.13. The molecule has 0 aromatic heterocycles. The van der Waals surface area contributed by atoms with Crippen molar-refractivity contribution in [3.05, 3.63) is 66.2 Å². The summed E-state index contributed by atoms with van der Waals surface area (Å²) >= 11 is 0. The first kappa shape index (κ1) is 14.3. The maximum absolute atomic E-state index is 4.78. The summed E-state index contributed by atoms with van der Waals surface area (Å²) in [6.07, 6.45) is 3.08. The minimum atomic E-state index is 0.922. The maximum atomic E-state index is 4.78. The highest BCUT2D eigenvalue weighted by atomic mass is 15.4. The molecule has 2 rings (SSSR count). The third kappa shape index (κ3) is 4.23. The monoisotopic (exact) mass is 266 g/mol. The average Bonchev–Trinajstić information content (AvgIpc) is 2.49. The molecule has 0 bridgehead atoms. The Morgan fingerprint density at radius 1 is 0.950 bits per heavy atom. The van der Waals surface area contributed by atoms with Gasteiger partial charge >= 0.3 is 0 Å². The van der Waals surface area contributed by atoms with Crippen LogP contribution >= 0.6 is 0 Å². The van der Waals surface area contributed by atoms with Gasteiger partial charge in [-0.15, -0.1) is 0 Å². The zero-order chi connectivity index (χ0) is 14.2. The second-order valence-corrected chi connectivity index (χ2v) is 4.94. The van der Waals surface area contributed by atoms with Crippen molar-refractivity contribution >= 4 is 11.4 Å². The smallest absolute Gasteiger partial charge is 0.0590 e. The van der Waals surface area contributed by atoms with Crippen LogP contribution in [0.3, 0.4) is 0 Å². The van der Waals surface area contributed by atoms with E-state index in [4.69, 9.17) is 5.10 Å². The van der Waals surface area contributed by atoms with Crippen molar-refractivity contribution < 1.29 is 0 Å². The van der Waals surface area contributed by atoms with Crippen LogP contribution in [0.2, 0.25) is 0 Å². The Bertz CT molecular complexity index is 532. The molecule has 2 aromatic rings. The Morgan fingerprint density at radius 3 is 2.15 bits per heavy atom. The van der Waals surface area contributed by atoms with Crippen molar-refractivity contribution in [2.75, 3.05) is 12.1 Å². The number of hydrogen-bond acceptors (Lipinski definition) is 2. The number of hydrogen-bond donors (Lipinski definition) is 0. The van der Waals surface area contributed by atoms with Gasteiger partial charge in [0.05, 0.1) is 5.69 Å². The van der Waals surface area contributed by atoms with Crippen LogP contribution in [0.5, 0.6) is 0 Å². The number of anilines is 1. The van der Waals surface area contributed by atoms with E-state index < -0.39 is 0 Å². The van der Waals surface area contributed by atoms with Crippen LogP contribution in [0.4, 0.5) is 5.69 Å². The second-order valence-electron chi connectivity index (χ2n) is 4.94. The molecule has 0 N–H and O–H groups in total. The topological polar surface area (TPSA) is 15.6 Å². The van der Waals surface area contributed by atoms with Gasteiger partial charge < -0.3 is 0 Å². The summed E-state index contributed by atoms with van der Waals surface area (Å²) < 4.78 is 0. The molecule has 2 nitrogen and oxygen atoms in total. The molecule has 2 heteroatoms. The van der Waals surface area contributed by atoms with E-state index in [0.29, 0.717) is 0 Å². The van der Waals surface area contributed by atoms with Crippen LogP contribution in [0.1, 0.15) is 25.3 Å². The molecule has 0 saturated heterocycles. The van der Waals surface area contributed by atoms with Gasteiger partial charge in [0.1, 0.15) is 0 Å². The molecule has 0 aliphatic carbocycles. The predicted molar refractivity (Wildman–Crippen MR) is 87.3 cm³/mol. The predicted octanol–water partition coefficient (Wildman–Crippen LogP) is 4.52. The molecule has 0 unspecified atom stereocenters. The standard InChI is InChI=1S/C18H22N2/c1-3-10-17(15-16-11-6-4-7-12-16)19-20(2)18-13-8-5-9-14-18/h4-9,11-14H,3,10,15H2,1-2H3/b19-17+. The Balaban J connectivity index is 2.13. The quantitative estimate of drug-likeness (QED) is 0.554. The van der Waals surface area contributed by atoms with E-state index in [9.17, 15) is 0 Å². The van der Waals surface area contributed by atoms with Gasteiger partial charge in [-0.05, 0) is 24.1 Å². The molecular formula is C18H22N2. The first-order valence-corrected chi connectivity index (χ1v) is 7.18. The van der Waals surface area contributed by atoms with E-state index in [2.05, 4.69) is 49.4 Å². The molecular weight excluding hydrogens is 244 g/mol. The van der Waals surface area contributed by atoms with E-state index in [1.165, 1.54) is 11.3 Å². The van der Waals surface area contributed by atoms with Crippen molar-refractivity contribution in [2.24, 2.45) is 5.10 Å². The summed E-state index contributed by atoms with van der Waals surface area (Å²) in [6, 6.07) is 20.8. The third-order valence-corrected chi connectivity index (χ3v) is 3.21.